The lowest BCUT2D eigenvalue weighted by Gasteiger charge is -2.43. The summed E-state index contributed by atoms with van der Waals surface area (Å²) in [7, 11) is 0. The predicted molar refractivity (Wildman–Crippen MR) is 47.3 cm³/mol. The molecule has 1 fully saturated rings. The molecule has 0 aromatic heterocycles. The molecule has 1 heteroatoms. The molecule has 1 atom stereocenters. The highest BCUT2D eigenvalue weighted by Crippen LogP contribution is 2.44. The maximum atomic E-state index is 5.24. The van der Waals surface area contributed by atoms with E-state index >= 15 is 0 Å². The summed E-state index contributed by atoms with van der Waals surface area (Å²) < 4.78 is 5.24. The molecule has 11 heavy (non-hydrogen) atoms. The molecule has 1 saturated heterocycles. The van der Waals surface area contributed by atoms with Crippen LogP contribution in [0.2, 0.25) is 0 Å². The van der Waals surface area contributed by atoms with E-state index in [0.29, 0.717) is 5.41 Å². The fraction of sp³-hybridized carbons (Fsp3) is 0.800. The van der Waals surface area contributed by atoms with Crippen LogP contribution in [-0.2, 0) is 4.74 Å². The largest absolute Gasteiger partial charge is 0.497 e. The molecule has 1 heterocycles. The molecule has 64 valence electrons. The molecule has 1 rings (SSSR count). The zero-order valence-electron chi connectivity index (χ0n) is 7.65. The maximum absolute atomic E-state index is 5.24. The van der Waals surface area contributed by atoms with Crippen molar-refractivity contribution in [2.75, 3.05) is 6.61 Å². The Kier molecular flexibility index (Phi) is 2.58. The van der Waals surface area contributed by atoms with Crippen molar-refractivity contribution in [1.82, 2.24) is 0 Å². The average molecular weight is 154 g/mol. The van der Waals surface area contributed by atoms with E-state index in [1.165, 1.54) is 25.7 Å². The van der Waals surface area contributed by atoms with E-state index in [-0.39, 0.29) is 0 Å². The van der Waals surface area contributed by atoms with Gasteiger partial charge in [-0.25, -0.2) is 0 Å². The molecule has 0 radical (unpaired) electrons. The smallest absolute Gasteiger partial charge is 0.100 e. The summed E-state index contributed by atoms with van der Waals surface area (Å²) in [5.41, 5.74) is 0.357. The van der Waals surface area contributed by atoms with Gasteiger partial charge in [0, 0.05) is 0 Å². The molecule has 0 aliphatic carbocycles. The maximum Gasteiger partial charge on any atom is 0.100 e. The third kappa shape index (κ3) is 1.42. The number of unbranched alkanes of at least 4 members (excludes halogenated alkanes) is 1. The Morgan fingerprint density at radius 2 is 2.27 bits per heavy atom. The van der Waals surface area contributed by atoms with Gasteiger partial charge >= 0.3 is 0 Å². The Morgan fingerprint density at radius 3 is 2.55 bits per heavy atom. The number of ether oxygens (including phenoxy) is 1. The fourth-order valence-corrected chi connectivity index (χ4v) is 1.58. The molecule has 0 aromatic rings. The molecule has 0 bridgehead atoms. The van der Waals surface area contributed by atoms with E-state index in [2.05, 4.69) is 20.4 Å². The summed E-state index contributed by atoms with van der Waals surface area (Å²) in [5, 5.41) is 0. The predicted octanol–water partition coefficient (Wildman–Crippen LogP) is 3.12. The van der Waals surface area contributed by atoms with Crippen LogP contribution in [0.1, 0.15) is 39.5 Å². The van der Waals surface area contributed by atoms with Crippen LogP contribution >= 0.6 is 0 Å². The Bertz CT molecular complexity index is 147. The van der Waals surface area contributed by atoms with Gasteiger partial charge < -0.3 is 4.74 Å². The van der Waals surface area contributed by atoms with E-state index in [0.717, 1.165) is 12.4 Å². The highest BCUT2D eigenvalue weighted by molar-refractivity contribution is 5.10. The third-order valence-corrected chi connectivity index (χ3v) is 2.80. The van der Waals surface area contributed by atoms with Crippen molar-refractivity contribution in [2.24, 2.45) is 5.41 Å². The van der Waals surface area contributed by atoms with Crippen LogP contribution in [0.15, 0.2) is 12.3 Å². The molecule has 1 aliphatic rings. The highest BCUT2D eigenvalue weighted by atomic mass is 16.5. The van der Waals surface area contributed by atoms with E-state index < -0.39 is 0 Å². The standard InChI is InChI=1S/C10H18O/c1-4-6-7-10(5-2)8-11-9(10)3/h3-8H2,1-2H3. The SMILES string of the molecule is C=C1OCC1(CC)CCCC. The minimum Gasteiger partial charge on any atom is -0.497 e. The average Bonchev–Trinajstić information content (AvgIpc) is 2.04. The Balaban J connectivity index is 2.41. The molecule has 0 saturated carbocycles. The second kappa shape index (κ2) is 3.29. The Morgan fingerprint density at radius 1 is 1.55 bits per heavy atom. The van der Waals surface area contributed by atoms with E-state index in [1.54, 1.807) is 0 Å². The summed E-state index contributed by atoms with van der Waals surface area (Å²) in [6.07, 6.45) is 5.02. The van der Waals surface area contributed by atoms with E-state index in [9.17, 15) is 0 Å². The second-order valence-electron chi connectivity index (χ2n) is 3.45. The van der Waals surface area contributed by atoms with Crippen LogP contribution in [0, 0.1) is 5.41 Å². The monoisotopic (exact) mass is 154 g/mol. The third-order valence-electron chi connectivity index (χ3n) is 2.80. The van der Waals surface area contributed by atoms with Gasteiger partial charge in [0.05, 0.1) is 11.2 Å². The van der Waals surface area contributed by atoms with Gasteiger partial charge in [-0.05, 0) is 12.8 Å². The second-order valence-corrected chi connectivity index (χ2v) is 3.45. The summed E-state index contributed by atoms with van der Waals surface area (Å²) >= 11 is 0. The zero-order valence-corrected chi connectivity index (χ0v) is 7.65. The van der Waals surface area contributed by atoms with Crippen molar-refractivity contribution in [3.63, 3.8) is 0 Å². The molecular weight excluding hydrogens is 136 g/mol. The first kappa shape index (κ1) is 8.63. The number of hydrogen-bond acceptors (Lipinski definition) is 1. The van der Waals surface area contributed by atoms with Crippen LogP contribution in [-0.4, -0.2) is 6.61 Å². The molecule has 1 aliphatic heterocycles. The van der Waals surface area contributed by atoms with Gasteiger partial charge in [-0.2, -0.15) is 0 Å². The lowest BCUT2D eigenvalue weighted by atomic mass is 9.76. The number of rotatable bonds is 4. The summed E-state index contributed by atoms with van der Waals surface area (Å²) in [4.78, 5) is 0. The molecular formula is C10H18O. The van der Waals surface area contributed by atoms with Crippen molar-refractivity contribution in [2.45, 2.75) is 39.5 Å². The minimum absolute atomic E-state index is 0.357. The topological polar surface area (TPSA) is 9.23 Å². The van der Waals surface area contributed by atoms with E-state index in [4.69, 9.17) is 4.74 Å². The van der Waals surface area contributed by atoms with Crippen LogP contribution in [0.5, 0.6) is 0 Å². The first-order valence-electron chi connectivity index (χ1n) is 4.57. The summed E-state index contributed by atoms with van der Waals surface area (Å²) in [6.45, 7) is 9.27. The quantitative estimate of drug-likeness (QED) is 0.604. The first-order valence-corrected chi connectivity index (χ1v) is 4.57. The minimum atomic E-state index is 0.357. The van der Waals surface area contributed by atoms with Gasteiger partial charge in [0.2, 0.25) is 0 Å². The Hall–Kier alpha value is -0.460. The van der Waals surface area contributed by atoms with Gasteiger partial charge in [-0.1, -0.05) is 33.3 Å². The zero-order chi connectivity index (χ0) is 8.32. The van der Waals surface area contributed by atoms with Crippen molar-refractivity contribution in [1.29, 1.82) is 0 Å². The van der Waals surface area contributed by atoms with Crippen LogP contribution in [0.4, 0.5) is 0 Å². The van der Waals surface area contributed by atoms with Crippen LogP contribution in [0.3, 0.4) is 0 Å². The van der Waals surface area contributed by atoms with Crippen LogP contribution in [0.25, 0.3) is 0 Å². The lowest BCUT2D eigenvalue weighted by molar-refractivity contribution is -0.0438. The lowest BCUT2D eigenvalue weighted by Crippen LogP contribution is -2.39. The van der Waals surface area contributed by atoms with Gasteiger partial charge in [0.1, 0.15) is 6.61 Å². The van der Waals surface area contributed by atoms with Crippen molar-refractivity contribution in [3.05, 3.63) is 12.3 Å². The molecule has 0 amide bonds. The van der Waals surface area contributed by atoms with Gasteiger partial charge in [0.15, 0.2) is 0 Å². The Labute approximate surface area is 69.4 Å². The summed E-state index contributed by atoms with van der Waals surface area (Å²) in [6, 6.07) is 0. The van der Waals surface area contributed by atoms with Crippen LogP contribution < -0.4 is 0 Å². The molecule has 0 aromatic carbocycles. The van der Waals surface area contributed by atoms with Gasteiger partial charge in [-0.15, -0.1) is 0 Å². The molecule has 1 unspecified atom stereocenters. The number of hydrogen-bond donors (Lipinski definition) is 0. The summed E-state index contributed by atoms with van der Waals surface area (Å²) in [5.74, 6) is 1.02. The van der Waals surface area contributed by atoms with E-state index in [1.807, 2.05) is 0 Å². The molecule has 1 nitrogen and oxygen atoms in total. The van der Waals surface area contributed by atoms with Gasteiger partial charge in [0.25, 0.3) is 0 Å². The van der Waals surface area contributed by atoms with Crippen molar-refractivity contribution < 1.29 is 4.74 Å². The normalized spacial score (nSPS) is 29.5. The highest BCUT2D eigenvalue weighted by Gasteiger charge is 2.40. The molecule has 0 spiro atoms. The fourth-order valence-electron chi connectivity index (χ4n) is 1.58. The first-order chi connectivity index (χ1) is 5.25. The van der Waals surface area contributed by atoms with Gasteiger partial charge in [-0.3, -0.25) is 0 Å². The van der Waals surface area contributed by atoms with Crippen molar-refractivity contribution in [3.8, 4) is 0 Å². The molecule has 0 N–H and O–H groups in total. The van der Waals surface area contributed by atoms with Crippen molar-refractivity contribution >= 4 is 0 Å².